The lowest BCUT2D eigenvalue weighted by molar-refractivity contribution is 0.417. The molecule has 0 amide bonds. The summed E-state index contributed by atoms with van der Waals surface area (Å²) in [4.78, 5) is 8.22. The lowest BCUT2D eigenvalue weighted by Gasteiger charge is -2.09. The number of halogens is 1. The Balaban J connectivity index is 1.93. The highest BCUT2D eigenvalue weighted by Gasteiger charge is 2.11. The highest BCUT2D eigenvalue weighted by Crippen LogP contribution is 2.25. The molecule has 0 bridgehead atoms. The first-order valence-corrected chi connectivity index (χ1v) is 6.58. The van der Waals surface area contributed by atoms with Gasteiger partial charge >= 0.3 is 0 Å². The van der Waals surface area contributed by atoms with Gasteiger partial charge < -0.3 is 10.1 Å². The molecule has 0 aliphatic carbocycles. The first kappa shape index (κ1) is 13.5. The Morgan fingerprint density at radius 3 is 2.90 bits per heavy atom. The van der Waals surface area contributed by atoms with Gasteiger partial charge in [0.15, 0.2) is 5.82 Å². The molecule has 1 aromatic carbocycles. The van der Waals surface area contributed by atoms with Gasteiger partial charge in [0.05, 0.1) is 11.7 Å². The number of benzene rings is 1. The topological polar surface area (TPSA) is 47.0 Å². The largest absolute Gasteiger partial charge is 0.435 e. The Kier molecular flexibility index (Phi) is 3.75. The number of fused-ring (bicyclic) bond motifs is 1. The van der Waals surface area contributed by atoms with Crippen molar-refractivity contribution in [2.75, 3.05) is 7.05 Å². The smallest absolute Gasteiger partial charge is 0.256 e. The molecular formula is C16H14FN3O. The van der Waals surface area contributed by atoms with Crippen LogP contribution < -0.4 is 10.1 Å². The lowest BCUT2D eigenvalue weighted by atomic mass is 10.2. The molecule has 0 fully saturated rings. The number of rotatable bonds is 4. The zero-order valence-electron chi connectivity index (χ0n) is 11.5. The minimum atomic E-state index is -0.458. The van der Waals surface area contributed by atoms with E-state index < -0.39 is 5.82 Å². The van der Waals surface area contributed by atoms with Crippen molar-refractivity contribution in [1.82, 2.24) is 15.3 Å². The van der Waals surface area contributed by atoms with Crippen LogP contribution in [0.4, 0.5) is 4.39 Å². The average molecular weight is 283 g/mol. The normalized spacial score (nSPS) is 10.8. The summed E-state index contributed by atoms with van der Waals surface area (Å²) in [6.07, 6.45) is 3.09. The second-order valence-electron chi connectivity index (χ2n) is 4.59. The van der Waals surface area contributed by atoms with Gasteiger partial charge in [0.2, 0.25) is 0 Å². The molecule has 4 nitrogen and oxygen atoms in total. The van der Waals surface area contributed by atoms with Crippen LogP contribution >= 0.6 is 0 Å². The van der Waals surface area contributed by atoms with Gasteiger partial charge in [-0.3, -0.25) is 4.98 Å². The van der Waals surface area contributed by atoms with Gasteiger partial charge in [0.25, 0.3) is 5.88 Å². The maximum atomic E-state index is 14.2. The Hall–Kier alpha value is -2.53. The van der Waals surface area contributed by atoms with Crippen molar-refractivity contribution < 1.29 is 9.13 Å². The van der Waals surface area contributed by atoms with E-state index in [0.717, 1.165) is 10.9 Å². The van der Waals surface area contributed by atoms with Gasteiger partial charge in [0, 0.05) is 23.7 Å². The molecule has 0 unspecified atom stereocenters. The van der Waals surface area contributed by atoms with Crippen LogP contribution in [0.15, 0.2) is 48.8 Å². The summed E-state index contributed by atoms with van der Waals surface area (Å²) in [7, 11) is 1.76. The van der Waals surface area contributed by atoms with Gasteiger partial charge in [0.1, 0.15) is 5.75 Å². The van der Waals surface area contributed by atoms with E-state index in [4.69, 9.17) is 4.74 Å². The Morgan fingerprint density at radius 2 is 2.05 bits per heavy atom. The molecule has 0 aliphatic heterocycles. The third-order valence-electron chi connectivity index (χ3n) is 3.08. The number of pyridine rings is 2. The number of ether oxygens (including phenoxy) is 1. The molecule has 2 aromatic heterocycles. The van der Waals surface area contributed by atoms with E-state index in [0.29, 0.717) is 17.9 Å². The lowest BCUT2D eigenvalue weighted by Crippen LogP contribution is -2.08. The molecule has 0 atom stereocenters. The Bertz CT molecular complexity index is 776. The molecule has 3 rings (SSSR count). The van der Waals surface area contributed by atoms with E-state index in [1.165, 1.54) is 6.20 Å². The molecule has 2 heterocycles. The van der Waals surface area contributed by atoms with Crippen LogP contribution in [0.5, 0.6) is 11.6 Å². The second kappa shape index (κ2) is 5.85. The maximum Gasteiger partial charge on any atom is 0.256 e. The minimum Gasteiger partial charge on any atom is -0.435 e. The minimum absolute atomic E-state index is 0.0418. The van der Waals surface area contributed by atoms with E-state index in [-0.39, 0.29) is 5.88 Å². The average Bonchev–Trinajstić information content (AvgIpc) is 2.51. The number of nitrogens with one attached hydrogen (secondary N) is 1. The van der Waals surface area contributed by atoms with Crippen molar-refractivity contribution in [3.63, 3.8) is 0 Å². The Labute approximate surface area is 121 Å². The SMILES string of the molecule is CNCc1ccnc(Oc2cnc3ccccc3c2)c1F. The summed E-state index contributed by atoms with van der Waals surface area (Å²) < 4.78 is 19.7. The van der Waals surface area contributed by atoms with Crippen molar-refractivity contribution in [3.8, 4) is 11.6 Å². The van der Waals surface area contributed by atoms with Crippen LogP contribution in [0.25, 0.3) is 10.9 Å². The highest BCUT2D eigenvalue weighted by molar-refractivity contribution is 5.79. The number of hydrogen-bond acceptors (Lipinski definition) is 4. The van der Waals surface area contributed by atoms with Gasteiger partial charge in [-0.25, -0.2) is 9.37 Å². The van der Waals surface area contributed by atoms with E-state index >= 15 is 0 Å². The summed E-state index contributed by atoms with van der Waals surface area (Å²) in [5, 5.41) is 3.84. The van der Waals surface area contributed by atoms with Gasteiger partial charge in [-0.1, -0.05) is 18.2 Å². The molecule has 5 heteroatoms. The molecule has 3 aromatic rings. The highest BCUT2D eigenvalue weighted by atomic mass is 19.1. The monoisotopic (exact) mass is 283 g/mol. The standard InChI is InChI=1S/C16H14FN3O/c1-18-9-12-6-7-19-16(15(12)17)21-13-8-11-4-2-3-5-14(11)20-10-13/h2-8,10,18H,9H2,1H3. The number of para-hydroxylation sites is 1. The fourth-order valence-electron chi connectivity index (χ4n) is 2.08. The van der Waals surface area contributed by atoms with E-state index in [1.54, 1.807) is 19.3 Å². The third kappa shape index (κ3) is 2.83. The zero-order chi connectivity index (χ0) is 14.7. The fraction of sp³-hybridized carbons (Fsp3) is 0.125. The fourth-order valence-corrected chi connectivity index (χ4v) is 2.08. The summed E-state index contributed by atoms with van der Waals surface area (Å²) in [5.74, 6) is -0.0402. The van der Waals surface area contributed by atoms with Crippen molar-refractivity contribution >= 4 is 10.9 Å². The molecule has 0 aliphatic rings. The van der Waals surface area contributed by atoms with Crippen molar-refractivity contribution in [2.24, 2.45) is 0 Å². The number of aromatic nitrogens is 2. The summed E-state index contributed by atoms with van der Waals surface area (Å²) >= 11 is 0. The van der Waals surface area contributed by atoms with Crippen molar-refractivity contribution in [2.45, 2.75) is 6.54 Å². The summed E-state index contributed by atoms with van der Waals surface area (Å²) in [6, 6.07) is 11.1. The van der Waals surface area contributed by atoms with Crippen LogP contribution in [-0.2, 0) is 6.54 Å². The first-order valence-electron chi connectivity index (χ1n) is 6.58. The predicted octanol–water partition coefficient (Wildman–Crippen LogP) is 3.28. The molecule has 1 N–H and O–H groups in total. The van der Waals surface area contributed by atoms with E-state index in [2.05, 4.69) is 15.3 Å². The quantitative estimate of drug-likeness (QED) is 0.798. The zero-order valence-corrected chi connectivity index (χ0v) is 11.5. The van der Waals surface area contributed by atoms with E-state index in [9.17, 15) is 4.39 Å². The van der Waals surface area contributed by atoms with Gasteiger partial charge in [-0.15, -0.1) is 0 Å². The maximum absolute atomic E-state index is 14.2. The third-order valence-corrected chi connectivity index (χ3v) is 3.08. The molecule has 0 spiro atoms. The molecule has 21 heavy (non-hydrogen) atoms. The summed E-state index contributed by atoms with van der Waals surface area (Å²) in [5.41, 5.74) is 1.37. The molecule has 0 saturated heterocycles. The number of hydrogen-bond donors (Lipinski definition) is 1. The molecule has 0 radical (unpaired) electrons. The van der Waals surface area contributed by atoms with Crippen molar-refractivity contribution in [1.29, 1.82) is 0 Å². The van der Waals surface area contributed by atoms with Crippen LogP contribution in [0.3, 0.4) is 0 Å². The van der Waals surface area contributed by atoms with Crippen LogP contribution in [-0.4, -0.2) is 17.0 Å². The Morgan fingerprint density at radius 1 is 1.19 bits per heavy atom. The summed E-state index contributed by atoms with van der Waals surface area (Å²) in [6.45, 7) is 0.417. The molecule has 0 saturated carbocycles. The molecule has 106 valence electrons. The van der Waals surface area contributed by atoms with E-state index in [1.807, 2.05) is 30.3 Å². The van der Waals surface area contributed by atoms with Crippen LogP contribution in [0.2, 0.25) is 0 Å². The second-order valence-corrected chi connectivity index (χ2v) is 4.59. The van der Waals surface area contributed by atoms with Crippen LogP contribution in [0.1, 0.15) is 5.56 Å². The first-order chi connectivity index (χ1) is 10.3. The number of nitrogens with zero attached hydrogens (tertiary/aromatic N) is 2. The van der Waals surface area contributed by atoms with Crippen molar-refractivity contribution in [3.05, 3.63) is 60.2 Å². The predicted molar refractivity (Wildman–Crippen MR) is 78.8 cm³/mol. The van der Waals surface area contributed by atoms with Gasteiger partial charge in [-0.05, 0) is 25.2 Å². The molecular weight excluding hydrogens is 269 g/mol. The van der Waals surface area contributed by atoms with Crippen LogP contribution in [0, 0.1) is 5.82 Å². The van der Waals surface area contributed by atoms with Gasteiger partial charge in [-0.2, -0.15) is 0 Å².